The first kappa shape index (κ1) is 16.0. The van der Waals surface area contributed by atoms with Crippen LogP contribution in [0.3, 0.4) is 0 Å². The van der Waals surface area contributed by atoms with Crippen molar-refractivity contribution in [3.05, 3.63) is 30.3 Å². The molecule has 0 heterocycles. The van der Waals surface area contributed by atoms with Gasteiger partial charge in [0, 0.05) is 19.5 Å². The van der Waals surface area contributed by atoms with Crippen molar-refractivity contribution in [2.75, 3.05) is 13.1 Å². The second-order valence-electron chi connectivity index (χ2n) is 4.46. The van der Waals surface area contributed by atoms with Crippen LogP contribution in [0.25, 0.3) is 0 Å². The molecule has 0 fully saturated rings. The monoisotopic (exact) mass is 278 g/mol. The fourth-order valence-corrected chi connectivity index (χ4v) is 1.55. The van der Waals surface area contributed by atoms with Crippen molar-refractivity contribution in [3.8, 4) is 5.75 Å². The van der Waals surface area contributed by atoms with Crippen LogP contribution in [0.5, 0.6) is 5.75 Å². The van der Waals surface area contributed by atoms with E-state index in [1.807, 2.05) is 25.1 Å². The molecule has 0 aromatic heterocycles. The Morgan fingerprint density at radius 2 is 1.85 bits per heavy atom. The minimum atomic E-state index is -0.587. The van der Waals surface area contributed by atoms with Gasteiger partial charge in [-0.05, 0) is 25.5 Å². The topological polar surface area (TPSA) is 67.4 Å². The highest BCUT2D eigenvalue weighted by Crippen LogP contribution is 2.10. The molecule has 110 valence electrons. The van der Waals surface area contributed by atoms with E-state index in [2.05, 4.69) is 10.6 Å². The predicted octanol–water partition coefficient (Wildman–Crippen LogP) is 1.49. The Kier molecular flexibility index (Phi) is 7.17. The number of nitrogens with one attached hydrogen (secondary N) is 2. The lowest BCUT2D eigenvalue weighted by molar-refractivity contribution is -0.127. The Morgan fingerprint density at radius 3 is 2.50 bits per heavy atom. The summed E-state index contributed by atoms with van der Waals surface area (Å²) >= 11 is 0. The van der Waals surface area contributed by atoms with E-state index in [4.69, 9.17) is 4.74 Å². The standard InChI is InChI=1S/C15H22N2O3/c1-3-10-16-14(18)9-11-17-15(19)12(2)20-13-7-5-4-6-8-13/h4-8,12H,3,9-11H2,1-2H3,(H,16,18)(H,17,19). The summed E-state index contributed by atoms with van der Waals surface area (Å²) in [5.74, 6) is 0.372. The molecule has 0 saturated heterocycles. The first-order valence-corrected chi connectivity index (χ1v) is 6.89. The van der Waals surface area contributed by atoms with Crippen LogP contribution in [0, 0.1) is 0 Å². The van der Waals surface area contributed by atoms with Crippen LogP contribution in [0.4, 0.5) is 0 Å². The van der Waals surface area contributed by atoms with Gasteiger partial charge in [-0.1, -0.05) is 25.1 Å². The lowest BCUT2D eigenvalue weighted by Gasteiger charge is -2.14. The summed E-state index contributed by atoms with van der Waals surface area (Å²) in [6.07, 6.45) is 0.597. The molecule has 2 amide bonds. The van der Waals surface area contributed by atoms with Gasteiger partial charge in [-0.25, -0.2) is 0 Å². The van der Waals surface area contributed by atoms with E-state index in [-0.39, 0.29) is 18.2 Å². The molecule has 1 aromatic rings. The quantitative estimate of drug-likeness (QED) is 0.757. The molecule has 5 heteroatoms. The number of benzene rings is 1. The van der Waals surface area contributed by atoms with Crippen molar-refractivity contribution in [3.63, 3.8) is 0 Å². The van der Waals surface area contributed by atoms with Crippen molar-refractivity contribution < 1.29 is 14.3 Å². The molecular formula is C15H22N2O3. The van der Waals surface area contributed by atoms with Crippen LogP contribution in [0.1, 0.15) is 26.7 Å². The molecule has 0 aliphatic carbocycles. The van der Waals surface area contributed by atoms with Crippen LogP contribution in [0.15, 0.2) is 30.3 Å². The maximum absolute atomic E-state index is 11.8. The van der Waals surface area contributed by atoms with Gasteiger partial charge < -0.3 is 15.4 Å². The molecule has 1 rings (SSSR count). The molecule has 2 N–H and O–H groups in total. The summed E-state index contributed by atoms with van der Waals surface area (Å²) in [6.45, 7) is 4.65. The minimum Gasteiger partial charge on any atom is -0.481 e. The zero-order chi connectivity index (χ0) is 14.8. The number of para-hydroxylation sites is 1. The number of carbonyl (C=O) groups excluding carboxylic acids is 2. The highest BCUT2D eigenvalue weighted by molar-refractivity contribution is 5.82. The zero-order valence-corrected chi connectivity index (χ0v) is 12.0. The number of ether oxygens (including phenoxy) is 1. The Balaban J connectivity index is 2.23. The van der Waals surface area contributed by atoms with Crippen LogP contribution in [-0.4, -0.2) is 31.0 Å². The zero-order valence-electron chi connectivity index (χ0n) is 12.0. The van der Waals surface area contributed by atoms with Gasteiger partial charge in [-0.15, -0.1) is 0 Å². The van der Waals surface area contributed by atoms with E-state index in [0.29, 0.717) is 18.8 Å². The molecule has 1 atom stereocenters. The van der Waals surface area contributed by atoms with Crippen molar-refractivity contribution >= 4 is 11.8 Å². The first-order valence-electron chi connectivity index (χ1n) is 6.89. The molecule has 0 spiro atoms. The SMILES string of the molecule is CCCNC(=O)CCNC(=O)C(C)Oc1ccccc1. The second-order valence-corrected chi connectivity index (χ2v) is 4.46. The molecule has 20 heavy (non-hydrogen) atoms. The summed E-state index contributed by atoms with van der Waals surface area (Å²) in [7, 11) is 0. The summed E-state index contributed by atoms with van der Waals surface area (Å²) < 4.78 is 5.49. The fraction of sp³-hybridized carbons (Fsp3) is 0.467. The summed E-state index contributed by atoms with van der Waals surface area (Å²) in [5, 5.41) is 5.44. The molecule has 0 aliphatic heterocycles. The average Bonchev–Trinajstić information content (AvgIpc) is 2.46. The fourth-order valence-electron chi connectivity index (χ4n) is 1.55. The summed E-state index contributed by atoms with van der Waals surface area (Å²) in [5.41, 5.74) is 0. The van der Waals surface area contributed by atoms with E-state index in [1.165, 1.54) is 0 Å². The maximum atomic E-state index is 11.8. The molecule has 0 bridgehead atoms. The van der Waals surface area contributed by atoms with Crippen molar-refractivity contribution in [2.45, 2.75) is 32.8 Å². The van der Waals surface area contributed by atoms with Crippen molar-refractivity contribution in [1.29, 1.82) is 0 Å². The Bertz CT molecular complexity index is 420. The van der Waals surface area contributed by atoms with Crippen LogP contribution < -0.4 is 15.4 Å². The molecule has 0 radical (unpaired) electrons. The van der Waals surface area contributed by atoms with E-state index in [9.17, 15) is 9.59 Å². The third kappa shape index (κ3) is 6.22. The normalized spacial score (nSPS) is 11.5. The Labute approximate surface area is 119 Å². The van der Waals surface area contributed by atoms with Gasteiger partial charge in [0.25, 0.3) is 5.91 Å². The Hall–Kier alpha value is -2.04. The van der Waals surface area contributed by atoms with E-state index in [0.717, 1.165) is 6.42 Å². The number of hydrogen-bond donors (Lipinski definition) is 2. The third-order valence-electron chi connectivity index (χ3n) is 2.65. The third-order valence-corrected chi connectivity index (χ3v) is 2.65. The number of rotatable bonds is 8. The molecule has 0 saturated carbocycles. The van der Waals surface area contributed by atoms with Gasteiger partial charge in [0.2, 0.25) is 5.91 Å². The molecular weight excluding hydrogens is 256 g/mol. The van der Waals surface area contributed by atoms with E-state index in [1.54, 1.807) is 19.1 Å². The van der Waals surface area contributed by atoms with Gasteiger partial charge in [-0.3, -0.25) is 9.59 Å². The second kappa shape index (κ2) is 8.96. The maximum Gasteiger partial charge on any atom is 0.260 e. The van der Waals surface area contributed by atoms with Gasteiger partial charge in [0.05, 0.1) is 0 Å². The molecule has 1 aromatic carbocycles. The predicted molar refractivity (Wildman–Crippen MR) is 77.5 cm³/mol. The van der Waals surface area contributed by atoms with Gasteiger partial charge >= 0.3 is 0 Å². The number of hydrogen-bond acceptors (Lipinski definition) is 3. The molecule has 1 unspecified atom stereocenters. The highest BCUT2D eigenvalue weighted by Gasteiger charge is 2.14. The number of amides is 2. The minimum absolute atomic E-state index is 0.0521. The Morgan fingerprint density at radius 1 is 1.15 bits per heavy atom. The van der Waals surface area contributed by atoms with Gasteiger partial charge in [0.15, 0.2) is 6.10 Å². The van der Waals surface area contributed by atoms with E-state index >= 15 is 0 Å². The molecule has 5 nitrogen and oxygen atoms in total. The van der Waals surface area contributed by atoms with Crippen LogP contribution in [-0.2, 0) is 9.59 Å². The largest absolute Gasteiger partial charge is 0.481 e. The van der Waals surface area contributed by atoms with Crippen molar-refractivity contribution in [1.82, 2.24) is 10.6 Å². The first-order chi connectivity index (χ1) is 9.63. The average molecular weight is 278 g/mol. The van der Waals surface area contributed by atoms with Gasteiger partial charge in [0.1, 0.15) is 5.75 Å². The lowest BCUT2D eigenvalue weighted by Crippen LogP contribution is -2.38. The smallest absolute Gasteiger partial charge is 0.260 e. The van der Waals surface area contributed by atoms with Gasteiger partial charge in [-0.2, -0.15) is 0 Å². The van der Waals surface area contributed by atoms with Crippen molar-refractivity contribution in [2.24, 2.45) is 0 Å². The number of carbonyl (C=O) groups is 2. The summed E-state index contributed by atoms with van der Waals surface area (Å²) in [6, 6.07) is 9.16. The lowest BCUT2D eigenvalue weighted by atomic mass is 10.3. The molecule has 0 aliphatic rings. The highest BCUT2D eigenvalue weighted by atomic mass is 16.5. The van der Waals surface area contributed by atoms with E-state index < -0.39 is 6.10 Å². The summed E-state index contributed by atoms with van der Waals surface area (Å²) in [4.78, 5) is 23.1. The van der Waals surface area contributed by atoms with Crippen LogP contribution in [0.2, 0.25) is 0 Å². The van der Waals surface area contributed by atoms with Crippen LogP contribution >= 0.6 is 0 Å².